The van der Waals surface area contributed by atoms with Gasteiger partial charge in [-0.05, 0) is 45.2 Å². The van der Waals surface area contributed by atoms with Crippen LogP contribution in [-0.2, 0) is 10.0 Å². The van der Waals surface area contributed by atoms with Gasteiger partial charge in [0.15, 0.2) is 0 Å². The molecule has 23 heavy (non-hydrogen) atoms. The second kappa shape index (κ2) is 8.55. The molecule has 0 saturated heterocycles. The number of nitrogens with zero attached hydrogens (tertiary/aromatic N) is 1. The van der Waals surface area contributed by atoms with Gasteiger partial charge in [0.05, 0.1) is 23.9 Å². The number of nitrogens with one attached hydrogen (secondary N) is 2. The van der Waals surface area contributed by atoms with Crippen molar-refractivity contribution in [3.05, 3.63) is 23.8 Å². The van der Waals surface area contributed by atoms with Gasteiger partial charge in [-0.1, -0.05) is 0 Å². The summed E-state index contributed by atoms with van der Waals surface area (Å²) in [6, 6.07) is 6.06. The standard InChI is InChI=1S/C15H23N3O3S2/c1-10(2)18-23(20,21)15-7-12(8-16)5-6-13(15)17-11(3)14(9-19)22-4/h5-7,10-11,14,17-19H,9H2,1-4H3/t11-,14-/m0/s1. The van der Waals surface area contributed by atoms with Gasteiger partial charge in [0, 0.05) is 17.3 Å². The van der Waals surface area contributed by atoms with Crippen LogP contribution < -0.4 is 10.0 Å². The minimum absolute atomic E-state index is 0.0159. The summed E-state index contributed by atoms with van der Waals surface area (Å²) in [4.78, 5) is 0.0369. The van der Waals surface area contributed by atoms with Crippen LogP contribution in [0.3, 0.4) is 0 Å². The van der Waals surface area contributed by atoms with E-state index in [9.17, 15) is 13.5 Å². The lowest BCUT2D eigenvalue weighted by atomic mass is 10.2. The molecule has 0 heterocycles. The van der Waals surface area contributed by atoms with Gasteiger partial charge in [0.2, 0.25) is 10.0 Å². The molecule has 0 saturated carbocycles. The van der Waals surface area contributed by atoms with Crippen LogP contribution in [0.15, 0.2) is 23.1 Å². The molecule has 128 valence electrons. The molecule has 1 aromatic rings. The van der Waals surface area contributed by atoms with E-state index in [2.05, 4.69) is 10.0 Å². The number of aliphatic hydroxyl groups excluding tert-OH is 1. The molecule has 0 aliphatic carbocycles. The van der Waals surface area contributed by atoms with Gasteiger partial charge in [0.25, 0.3) is 0 Å². The van der Waals surface area contributed by atoms with E-state index in [1.165, 1.54) is 17.8 Å². The third-order valence-electron chi connectivity index (χ3n) is 3.21. The van der Waals surface area contributed by atoms with Gasteiger partial charge in [-0.2, -0.15) is 17.0 Å². The molecule has 0 aliphatic heterocycles. The number of rotatable bonds is 8. The minimum atomic E-state index is -3.74. The largest absolute Gasteiger partial charge is 0.395 e. The molecule has 0 spiro atoms. The summed E-state index contributed by atoms with van der Waals surface area (Å²) in [5, 5.41) is 21.5. The van der Waals surface area contributed by atoms with Crippen LogP contribution in [0.2, 0.25) is 0 Å². The fourth-order valence-corrected chi connectivity index (χ4v) is 4.15. The second-order valence-corrected chi connectivity index (χ2v) is 8.25. The van der Waals surface area contributed by atoms with Gasteiger partial charge < -0.3 is 10.4 Å². The zero-order valence-corrected chi connectivity index (χ0v) is 15.3. The topological polar surface area (TPSA) is 102 Å². The van der Waals surface area contributed by atoms with Crippen LogP contribution >= 0.6 is 11.8 Å². The highest BCUT2D eigenvalue weighted by Crippen LogP contribution is 2.25. The smallest absolute Gasteiger partial charge is 0.242 e. The minimum Gasteiger partial charge on any atom is -0.395 e. The van der Waals surface area contributed by atoms with Crippen LogP contribution in [-0.4, -0.2) is 43.7 Å². The number of nitriles is 1. The maximum absolute atomic E-state index is 12.5. The van der Waals surface area contributed by atoms with Crippen LogP contribution in [0.1, 0.15) is 26.3 Å². The monoisotopic (exact) mass is 357 g/mol. The first-order valence-corrected chi connectivity index (χ1v) is 9.99. The highest BCUT2D eigenvalue weighted by atomic mass is 32.2. The number of anilines is 1. The maximum Gasteiger partial charge on any atom is 0.242 e. The molecule has 6 nitrogen and oxygen atoms in total. The summed E-state index contributed by atoms with van der Waals surface area (Å²) >= 11 is 1.50. The predicted octanol–water partition coefficient (Wildman–Crippen LogP) is 1.77. The lowest BCUT2D eigenvalue weighted by molar-refractivity contribution is 0.288. The molecule has 2 atom stereocenters. The van der Waals surface area contributed by atoms with Crippen molar-refractivity contribution in [3.8, 4) is 6.07 Å². The van der Waals surface area contributed by atoms with E-state index in [0.29, 0.717) is 5.69 Å². The summed E-state index contributed by atoms with van der Waals surface area (Å²) in [5.41, 5.74) is 0.688. The van der Waals surface area contributed by atoms with E-state index in [1.54, 1.807) is 26.0 Å². The van der Waals surface area contributed by atoms with E-state index >= 15 is 0 Å². The zero-order valence-electron chi connectivity index (χ0n) is 13.7. The zero-order chi connectivity index (χ0) is 17.6. The van der Waals surface area contributed by atoms with Gasteiger partial charge in [-0.3, -0.25) is 0 Å². The summed E-state index contributed by atoms with van der Waals surface area (Å²) < 4.78 is 27.5. The Morgan fingerprint density at radius 2 is 2.00 bits per heavy atom. The molecule has 3 N–H and O–H groups in total. The SMILES string of the molecule is CS[C@@H](CO)[C@H](C)Nc1ccc(C#N)cc1S(=O)(=O)NC(C)C. The Kier molecular flexibility index (Phi) is 7.35. The Hall–Kier alpha value is -1.27. The van der Waals surface area contributed by atoms with E-state index in [4.69, 9.17) is 5.26 Å². The first-order valence-electron chi connectivity index (χ1n) is 7.21. The molecule has 0 unspecified atom stereocenters. The number of aliphatic hydroxyl groups is 1. The Labute approximate surface area is 142 Å². The van der Waals surface area contributed by atoms with Crippen molar-refractivity contribution in [2.75, 3.05) is 18.2 Å². The quantitative estimate of drug-likeness (QED) is 0.655. The van der Waals surface area contributed by atoms with Gasteiger partial charge in [0.1, 0.15) is 4.90 Å². The normalized spacial score (nSPS) is 14.3. The molecule has 1 aromatic carbocycles. The molecule has 8 heteroatoms. The first-order chi connectivity index (χ1) is 10.7. The summed E-state index contributed by atoms with van der Waals surface area (Å²) in [5.74, 6) is 0. The molecular weight excluding hydrogens is 334 g/mol. The average Bonchev–Trinajstić information content (AvgIpc) is 2.47. The third-order valence-corrected chi connectivity index (χ3v) is 6.08. The molecule has 0 fully saturated rings. The second-order valence-electron chi connectivity index (χ2n) is 5.49. The van der Waals surface area contributed by atoms with Crippen molar-refractivity contribution >= 4 is 27.5 Å². The van der Waals surface area contributed by atoms with Crippen molar-refractivity contribution in [3.63, 3.8) is 0 Å². The Morgan fingerprint density at radius 3 is 2.48 bits per heavy atom. The summed E-state index contributed by atoms with van der Waals surface area (Å²) in [6.07, 6.45) is 1.88. The summed E-state index contributed by atoms with van der Waals surface area (Å²) in [7, 11) is -3.74. The predicted molar refractivity (Wildman–Crippen MR) is 94.1 cm³/mol. The van der Waals surface area contributed by atoms with Crippen molar-refractivity contribution in [2.45, 2.75) is 43.0 Å². The molecule has 0 radical (unpaired) electrons. The maximum atomic E-state index is 12.5. The Balaban J connectivity index is 3.25. The van der Waals surface area contributed by atoms with Gasteiger partial charge in [-0.25, -0.2) is 13.1 Å². The highest BCUT2D eigenvalue weighted by molar-refractivity contribution is 7.99. The molecule has 0 amide bonds. The number of benzene rings is 1. The van der Waals surface area contributed by atoms with E-state index in [0.717, 1.165) is 0 Å². The highest BCUT2D eigenvalue weighted by Gasteiger charge is 2.23. The van der Waals surface area contributed by atoms with Crippen molar-refractivity contribution in [2.24, 2.45) is 0 Å². The van der Waals surface area contributed by atoms with Crippen LogP contribution in [0.5, 0.6) is 0 Å². The Morgan fingerprint density at radius 1 is 1.35 bits per heavy atom. The number of thioether (sulfide) groups is 1. The summed E-state index contributed by atoms with van der Waals surface area (Å²) in [6.45, 7) is 5.33. The number of sulfonamides is 1. The third kappa shape index (κ3) is 5.39. The van der Waals surface area contributed by atoms with E-state index < -0.39 is 10.0 Å². The van der Waals surface area contributed by atoms with E-state index in [1.807, 2.05) is 19.2 Å². The molecule has 0 aliphatic rings. The first kappa shape index (κ1) is 19.8. The van der Waals surface area contributed by atoms with Crippen molar-refractivity contribution < 1.29 is 13.5 Å². The fraction of sp³-hybridized carbons (Fsp3) is 0.533. The molecule has 1 rings (SSSR count). The fourth-order valence-electron chi connectivity index (χ4n) is 2.08. The lowest BCUT2D eigenvalue weighted by Gasteiger charge is -2.24. The van der Waals surface area contributed by atoms with Crippen LogP contribution in [0.4, 0.5) is 5.69 Å². The lowest BCUT2D eigenvalue weighted by Crippen LogP contribution is -2.34. The van der Waals surface area contributed by atoms with E-state index in [-0.39, 0.29) is 34.4 Å². The van der Waals surface area contributed by atoms with Crippen molar-refractivity contribution in [1.82, 2.24) is 4.72 Å². The number of hydrogen-bond acceptors (Lipinski definition) is 6. The van der Waals surface area contributed by atoms with Crippen LogP contribution in [0.25, 0.3) is 0 Å². The van der Waals surface area contributed by atoms with Crippen LogP contribution in [0, 0.1) is 11.3 Å². The molecular formula is C15H23N3O3S2. The van der Waals surface area contributed by atoms with Gasteiger partial charge in [-0.15, -0.1) is 0 Å². The van der Waals surface area contributed by atoms with Crippen molar-refractivity contribution in [1.29, 1.82) is 5.26 Å². The van der Waals surface area contributed by atoms with Gasteiger partial charge >= 0.3 is 0 Å². The molecule has 0 aromatic heterocycles. The molecule has 0 bridgehead atoms. The average molecular weight is 358 g/mol. The Bertz CT molecular complexity index is 665. The number of hydrogen-bond donors (Lipinski definition) is 3.